The van der Waals surface area contributed by atoms with Gasteiger partial charge in [-0.25, -0.2) is 9.67 Å². The number of aromatic nitrogens is 4. The molecule has 0 N–H and O–H groups in total. The molecule has 2 aromatic heterocycles. The molecule has 0 radical (unpaired) electrons. The second-order valence-electron chi connectivity index (χ2n) is 7.13. The van der Waals surface area contributed by atoms with Gasteiger partial charge in [0.2, 0.25) is 5.91 Å². The number of nitrogens with zero attached hydrogens (tertiary/aromatic N) is 5. The van der Waals surface area contributed by atoms with E-state index < -0.39 is 5.54 Å². The molecular formula is C18H25N5O. The molecule has 1 saturated heterocycles. The van der Waals surface area contributed by atoms with E-state index in [0.29, 0.717) is 5.92 Å². The van der Waals surface area contributed by atoms with Crippen LogP contribution < -0.4 is 0 Å². The smallest absolute Gasteiger partial charge is 0.250 e. The lowest BCUT2D eigenvalue weighted by Crippen LogP contribution is -2.50. The second kappa shape index (κ2) is 6.71. The number of amides is 1. The normalized spacial score (nSPS) is 18.6. The molecule has 0 bridgehead atoms. The number of carbonyl (C=O) groups is 1. The van der Waals surface area contributed by atoms with E-state index in [1.165, 1.54) is 6.33 Å². The summed E-state index contributed by atoms with van der Waals surface area (Å²) in [6.45, 7) is 7.41. The first-order valence-electron chi connectivity index (χ1n) is 8.54. The molecule has 1 atom stereocenters. The molecule has 3 rings (SSSR count). The molecule has 6 nitrogen and oxygen atoms in total. The third kappa shape index (κ3) is 3.47. The number of hydrogen-bond acceptors (Lipinski definition) is 4. The van der Waals surface area contributed by atoms with Gasteiger partial charge >= 0.3 is 0 Å². The second-order valence-corrected chi connectivity index (χ2v) is 7.13. The third-order valence-electron chi connectivity index (χ3n) is 4.76. The standard InChI is InChI=1S/C18H25N5O/c1-14-6-4-8-16(21-14)10-15-7-5-9-22(11-15)17(24)18(2,3)23-13-19-12-20-23/h4,6,8,12-13,15H,5,7,9-11H2,1-3H3/t15-/m1/s1. The summed E-state index contributed by atoms with van der Waals surface area (Å²) in [5, 5.41) is 4.15. The number of likely N-dealkylation sites (tertiary alicyclic amines) is 1. The summed E-state index contributed by atoms with van der Waals surface area (Å²) in [7, 11) is 0. The molecule has 128 valence electrons. The van der Waals surface area contributed by atoms with Crippen molar-refractivity contribution in [2.24, 2.45) is 5.92 Å². The van der Waals surface area contributed by atoms with Gasteiger partial charge < -0.3 is 4.90 Å². The molecule has 0 aliphatic carbocycles. The van der Waals surface area contributed by atoms with Crippen LogP contribution in [-0.4, -0.2) is 43.6 Å². The van der Waals surface area contributed by atoms with Crippen LogP contribution in [0.1, 0.15) is 38.1 Å². The number of pyridine rings is 1. The van der Waals surface area contributed by atoms with Gasteiger partial charge in [-0.3, -0.25) is 9.78 Å². The van der Waals surface area contributed by atoms with Crippen LogP contribution in [0.2, 0.25) is 0 Å². The molecule has 0 saturated carbocycles. The van der Waals surface area contributed by atoms with E-state index in [9.17, 15) is 4.79 Å². The number of piperidine rings is 1. The zero-order valence-electron chi connectivity index (χ0n) is 14.6. The Bertz CT molecular complexity index is 695. The molecule has 2 aromatic rings. The van der Waals surface area contributed by atoms with Crippen molar-refractivity contribution in [3.8, 4) is 0 Å². The Morgan fingerprint density at radius 3 is 2.92 bits per heavy atom. The monoisotopic (exact) mass is 327 g/mol. The maximum absolute atomic E-state index is 13.0. The lowest BCUT2D eigenvalue weighted by Gasteiger charge is -2.37. The van der Waals surface area contributed by atoms with Gasteiger partial charge in [0, 0.05) is 24.5 Å². The Morgan fingerprint density at radius 1 is 1.38 bits per heavy atom. The minimum absolute atomic E-state index is 0.106. The fourth-order valence-electron chi connectivity index (χ4n) is 3.41. The quantitative estimate of drug-likeness (QED) is 0.863. The summed E-state index contributed by atoms with van der Waals surface area (Å²) < 4.78 is 1.64. The molecule has 0 aromatic carbocycles. The van der Waals surface area contributed by atoms with Gasteiger partial charge in [0.15, 0.2) is 0 Å². The molecular weight excluding hydrogens is 302 g/mol. The molecule has 6 heteroatoms. The highest BCUT2D eigenvalue weighted by Gasteiger charge is 2.36. The van der Waals surface area contributed by atoms with Crippen molar-refractivity contribution in [2.75, 3.05) is 13.1 Å². The maximum Gasteiger partial charge on any atom is 0.250 e. The summed E-state index contributed by atoms with van der Waals surface area (Å²) >= 11 is 0. The highest BCUT2D eigenvalue weighted by Crippen LogP contribution is 2.25. The summed E-state index contributed by atoms with van der Waals surface area (Å²) in [5.74, 6) is 0.568. The molecule has 0 spiro atoms. The van der Waals surface area contributed by atoms with Gasteiger partial charge in [-0.15, -0.1) is 0 Å². The summed E-state index contributed by atoms with van der Waals surface area (Å²) in [6.07, 6.45) is 6.18. The van der Waals surface area contributed by atoms with E-state index in [1.54, 1.807) is 11.0 Å². The lowest BCUT2D eigenvalue weighted by atomic mass is 9.91. The van der Waals surface area contributed by atoms with Crippen molar-refractivity contribution in [2.45, 2.75) is 45.6 Å². The fraction of sp³-hybridized carbons (Fsp3) is 0.556. The van der Waals surface area contributed by atoms with Crippen LogP contribution >= 0.6 is 0 Å². The first kappa shape index (κ1) is 16.6. The van der Waals surface area contributed by atoms with Crippen molar-refractivity contribution < 1.29 is 4.79 Å². The number of rotatable bonds is 4. The summed E-state index contributed by atoms with van der Waals surface area (Å²) in [4.78, 5) is 23.5. The third-order valence-corrected chi connectivity index (χ3v) is 4.76. The van der Waals surface area contributed by atoms with Crippen molar-refractivity contribution >= 4 is 5.91 Å². The zero-order valence-corrected chi connectivity index (χ0v) is 14.6. The van der Waals surface area contributed by atoms with Crippen molar-refractivity contribution in [3.63, 3.8) is 0 Å². The number of carbonyl (C=O) groups excluding carboxylic acids is 1. The van der Waals surface area contributed by atoms with E-state index in [0.717, 1.165) is 43.7 Å². The first-order valence-corrected chi connectivity index (χ1v) is 8.54. The van der Waals surface area contributed by atoms with E-state index in [-0.39, 0.29) is 5.91 Å². The Kier molecular flexibility index (Phi) is 4.64. The van der Waals surface area contributed by atoms with Crippen molar-refractivity contribution in [1.29, 1.82) is 0 Å². The molecule has 0 unspecified atom stereocenters. The Balaban J connectivity index is 1.68. The van der Waals surface area contributed by atoms with Crippen molar-refractivity contribution in [1.82, 2.24) is 24.6 Å². The van der Waals surface area contributed by atoms with Crippen molar-refractivity contribution in [3.05, 3.63) is 42.2 Å². The van der Waals surface area contributed by atoms with Crippen LogP contribution in [0.25, 0.3) is 0 Å². The van der Waals surface area contributed by atoms with Gasteiger partial charge in [-0.2, -0.15) is 5.10 Å². The minimum Gasteiger partial charge on any atom is -0.340 e. The van der Waals surface area contributed by atoms with Crippen LogP contribution in [0.4, 0.5) is 0 Å². The molecule has 1 amide bonds. The molecule has 1 aliphatic heterocycles. The van der Waals surface area contributed by atoms with Gasteiger partial charge in [-0.1, -0.05) is 6.07 Å². The average Bonchev–Trinajstić information content (AvgIpc) is 3.10. The highest BCUT2D eigenvalue weighted by molar-refractivity contribution is 5.83. The molecule has 24 heavy (non-hydrogen) atoms. The van der Waals surface area contributed by atoms with Crippen LogP contribution in [0.15, 0.2) is 30.9 Å². The Labute approximate surface area is 142 Å². The van der Waals surface area contributed by atoms with E-state index in [1.807, 2.05) is 31.7 Å². The van der Waals surface area contributed by atoms with E-state index in [4.69, 9.17) is 0 Å². The van der Waals surface area contributed by atoms with E-state index >= 15 is 0 Å². The van der Waals surface area contributed by atoms with Gasteiger partial charge in [0.25, 0.3) is 0 Å². The van der Waals surface area contributed by atoms with Crippen LogP contribution in [0.3, 0.4) is 0 Å². The largest absolute Gasteiger partial charge is 0.340 e. The fourth-order valence-corrected chi connectivity index (χ4v) is 3.41. The van der Waals surface area contributed by atoms with Gasteiger partial charge in [-0.05, 0) is 58.1 Å². The van der Waals surface area contributed by atoms with Gasteiger partial charge in [0.05, 0.1) is 0 Å². The predicted octanol–water partition coefficient (Wildman–Crippen LogP) is 2.20. The molecule has 3 heterocycles. The van der Waals surface area contributed by atoms with Gasteiger partial charge in [0.1, 0.15) is 18.2 Å². The van der Waals surface area contributed by atoms with Crippen LogP contribution in [0, 0.1) is 12.8 Å². The van der Waals surface area contributed by atoms with E-state index in [2.05, 4.69) is 27.2 Å². The highest BCUT2D eigenvalue weighted by atomic mass is 16.2. The predicted molar refractivity (Wildman–Crippen MR) is 91.3 cm³/mol. The zero-order chi connectivity index (χ0) is 17.2. The Hall–Kier alpha value is -2.24. The number of aryl methyl sites for hydroxylation is 1. The summed E-state index contributed by atoms with van der Waals surface area (Å²) in [6, 6.07) is 6.14. The first-order chi connectivity index (χ1) is 11.5. The topological polar surface area (TPSA) is 63.9 Å². The van der Waals surface area contributed by atoms with Crippen LogP contribution in [0.5, 0.6) is 0 Å². The average molecular weight is 327 g/mol. The molecule has 1 fully saturated rings. The summed E-state index contributed by atoms with van der Waals surface area (Å²) in [5.41, 5.74) is 1.45. The lowest BCUT2D eigenvalue weighted by molar-refractivity contribution is -0.141. The SMILES string of the molecule is Cc1cccc(C[C@H]2CCCN(C(=O)C(C)(C)n3cncn3)C2)n1. The Morgan fingerprint density at radius 2 is 2.21 bits per heavy atom. The van der Waals surface area contributed by atoms with Crippen LogP contribution in [-0.2, 0) is 16.8 Å². The number of hydrogen-bond donors (Lipinski definition) is 0. The maximum atomic E-state index is 13.0. The minimum atomic E-state index is -0.708. The molecule has 1 aliphatic rings.